The van der Waals surface area contributed by atoms with Gasteiger partial charge in [-0.05, 0) is 19.4 Å². The highest BCUT2D eigenvalue weighted by Crippen LogP contribution is 2.11. The molecule has 0 amide bonds. The van der Waals surface area contributed by atoms with Crippen LogP contribution in [0, 0.1) is 0 Å². The lowest BCUT2D eigenvalue weighted by Gasteiger charge is -2.07. The quantitative estimate of drug-likeness (QED) is 0.752. The highest BCUT2D eigenvalue weighted by molar-refractivity contribution is 5.36. The Hall–Kier alpha value is -2.11. The summed E-state index contributed by atoms with van der Waals surface area (Å²) in [4.78, 5) is 4.33. The van der Waals surface area contributed by atoms with Gasteiger partial charge in [0.1, 0.15) is 5.82 Å². The van der Waals surface area contributed by atoms with Gasteiger partial charge in [-0.1, -0.05) is 11.3 Å². The minimum absolute atomic E-state index is 0.628. The van der Waals surface area contributed by atoms with Gasteiger partial charge in [-0.3, -0.25) is 4.68 Å². The molecule has 18 heavy (non-hydrogen) atoms. The molecule has 0 bridgehead atoms. The molecule has 0 radical (unpaired) electrons. The summed E-state index contributed by atoms with van der Waals surface area (Å²) in [5.74, 6) is 1.48. The Labute approximate surface area is 106 Å². The summed E-state index contributed by atoms with van der Waals surface area (Å²) in [6.45, 7) is 4.25. The van der Waals surface area contributed by atoms with Crippen LogP contribution in [0.25, 0.3) is 0 Å². The van der Waals surface area contributed by atoms with Crippen LogP contribution in [0.2, 0.25) is 0 Å². The monoisotopic (exact) mass is 247 g/mol. The molecule has 96 valence electrons. The van der Waals surface area contributed by atoms with Crippen LogP contribution in [0.3, 0.4) is 0 Å². The minimum atomic E-state index is 0.628. The van der Waals surface area contributed by atoms with Crippen LogP contribution in [-0.2, 0) is 6.54 Å². The van der Waals surface area contributed by atoms with E-state index in [4.69, 9.17) is 4.74 Å². The Kier molecular flexibility index (Phi) is 4.52. The van der Waals surface area contributed by atoms with Gasteiger partial charge in [0.15, 0.2) is 0 Å². The first kappa shape index (κ1) is 12.3. The molecular weight excluding hydrogens is 230 g/mol. The van der Waals surface area contributed by atoms with Crippen LogP contribution in [0.1, 0.15) is 13.3 Å². The lowest BCUT2D eigenvalue weighted by atomic mass is 10.4. The number of pyridine rings is 1. The molecule has 0 aliphatic rings. The molecular formula is C12H17N5O. The number of nitrogens with one attached hydrogen (secondary N) is 1. The third kappa shape index (κ3) is 3.73. The first-order valence-electron chi connectivity index (χ1n) is 6.06. The molecule has 2 heterocycles. The standard InChI is InChI=1S/C12H17N5O/c1-2-18-12-6-3-5-11(15-12)13-7-4-9-17-10-8-14-16-17/h3,5-6,8,10H,2,4,7,9H2,1H3,(H,13,15). The highest BCUT2D eigenvalue weighted by Gasteiger charge is 1.97. The van der Waals surface area contributed by atoms with Gasteiger partial charge in [-0.2, -0.15) is 4.98 Å². The largest absolute Gasteiger partial charge is 0.478 e. The van der Waals surface area contributed by atoms with Crippen molar-refractivity contribution < 1.29 is 4.74 Å². The van der Waals surface area contributed by atoms with Crippen molar-refractivity contribution in [2.75, 3.05) is 18.5 Å². The summed E-state index contributed by atoms with van der Waals surface area (Å²) < 4.78 is 7.15. The normalized spacial score (nSPS) is 10.3. The van der Waals surface area contributed by atoms with Crippen LogP contribution in [0.4, 0.5) is 5.82 Å². The fraction of sp³-hybridized carbons (Fsp3) is 0.417. The summed E-state index contributed by atoms with van der Waals surface area (Å²) in [5, 5.41) is 10.9. The second-order valence-corrected chi connectivity index (χ2v) is 3.74. The summed E-state index contributed by atoms with van der Waals surface area (Å²) in [6.07, 6.45) is 4.50. The van der Waals surface area contributed by atoms with E-state index >= 15 is 0 Å². The first-order valence-corrected chi connectivity index (χ1v) is 6.06. The van der Waals surface area contributed by atoms with Gasteiger partial charge in [0, 0.05) is 25.4 Å². The maximum absolute atomic E-state index is 5.34. The van der Waals surface area contributed by atoms with Crippen molar-refractivity contribution in [3.05, 3.63) is 30.6 Å². The molecule has 0 atom stereocenters. The second kappa shape index (κ2) is 6.58. The average molecular weight is 247 g/mol. The van der Waals surface area contributed by atoms with Crippen LogP contribution in [0.5, 0.6) is 5.88 Å². The van der Waals surface area contributed by atoms with E-state index in [1.807, 2.05) is 36.0 Å². The molecule has 0 spiro atoms. The predicted molar refractivity (Wildman–Crippen MR) is 68.5 cm³/mol. The van der Waals surface area contributed by atoms with E-state index in [0.29, 0.717) is 12.5 Å². The maximum Gasteiger partial charge on any atom is 0.215 e. The molecule has 2 rings (SSSR count). The van der Waals surface area contributed by atoms with E-state index in [0.717, 1.165) is 25.3 Å². The number of nitrogens with zero attached hydrogens (tertiary/aromatic N) is 4. The Bertz CT molecular complexity index is 457. The van der Waals surface area contributed by atoms with Crippen molar-refractivity contribution in [2.45, 2.75) is 19.9 Å². The molecule has 6 heteroatoms. The van der Waals surface area contributed by atoms with Gasteiger partial charge in [-0.15, -0.1) is 5.10 Å². The van der Waals surface area contributed by atoms with Gasteiger partial charge < -0.3 is 10.1 Å². The number of ether oxygens (including phenoxy) is 1. The van der Waals surface area contributed by atoms with Crippen molar-refractivity contribution in [3.63, 3.8) is 0 Å². The molecule has 0 fully saturated rings. The van der Waals surface area contributed by atoms with Crippen molar-refractivity contribution in [1.29, 1.82) is 0 Å². The summed E-state index contributed by atoms with van der Waals surface area (Å²) in [5.41, 5.74) is 0. The highest BCUT2D eigenvalue weighted by atomic mass is 16.5. The van der Waals surface area contributed by atoms with Crippen molar-refractivity contribution in [1.82, 2.24) is 20.0 Å². The van der Waals surface area contributed by atoms with E-state index in [-0.39, 0.29) is 0 Å². The minimum Gasteiger partial charge on any atom is -0.478 e. The zero-order chi connectivity index (χ0) is 12.6. The summed E-state index contributed by atoms with van der Waals surface area (Å²) >= 11 is 0. The number of hydrogen-bond acceptors (Lipinski definition) is 5. The molecule has 2 aromatic rings. The van der Waals surface area contributed by atoms with E-state index < -0.39 is 0 Å². The maximum atomic E-state index is 5.34. The topological polar surface area (TPSA) is 64.9 Å². The number of hydrogen-bond donors (Lipinski definition) is 1. The molecule has 0 aromatic carbocycles. The second-order valence-electron chi connectivity index (χ2n) is 3.74. The fourth-order valence-corrected chi connectivity index (χ4v) is 1.55. The van der Waals surface area contributed by atoms with Gasteiger partial charge in [0.25, 0.3) is 0 Å². The van der Waals surface area contributed by atoms with E-state index in [2.05, 4.69) is 20.6 Å². The first-order chi connectivity index (χ1) is 8.88. The summed E-state index contributed by atoms with van der Waals surface area (Å²) in [6, 6.07) is 5.71. The Balaban J connectivity index is 1.74. The summed E-state index contributed by atoms with van der Waals surface area (Å²) in [7, 11) is 0. The molecule has 6 nitrogen and oxygen atoms in total. The molecule has 0 saturated carbocycles. The van der Waals surface area contributed by atoms with Crippen LogP contribution in [-0.4, -0.2) is 33.1 Å². The lowest BCUT2D eigenvalue weighted by Crippen LogP contribution is -2.08. The molecule has 2 aromatic heterocycles. The van der Waals surface area contributed by atoms with E-state index in [1.54, 1.807) is 6.20 Å². The number of rotatable bonds is 7. The molecule has 0 unspecified atom stereocenters. The predicted octanol–water partition coefficient (Wildman–Crippen LogP) is 1.57. The average Bonchev–Trinajstić information content (AvgIpc) is 2.89. The Morgan fingerprint density at radius 1 is 1.39 bits per heavy atom. The third-order valence-electron chi connectivity index (χ3n) is 2.36. The zero-order valence-electron chi connectivity index (χ0n) is 10.4. The molecule has 0 aliphatic carbocycles. The molecule has 0 aliphatic heterocycles. The van der Waals surface area contributed by atoms with E-state index in [9.17, 15) is 0 Å². The number of aryl methyl sites for hydroxylation is 1. The number of anilines is 1. The zero-order valence-corrected chi connectivity index (χ0v) is 10.4. The van der Waals surface area contributed by atoms with Crippen LogP contribution < -0.4 is 10.1 Å². The van der Waals surface area contributed by atoms with Crippen molar-refractivity contribution in [3.8, 4) is 5.88 Å². The third-order valence-corrected chi connectivity index (χ3v) is 2.36. The van der Waals surface area contributed by atoms with Gasteiger partial charge in [0.2, 0.25) is 5.88 Å². The molecule has 0 saturated heterocycles. The van der Waals surface area contributed by atoms with E-state index in [1.165, 1.54) is 0 Å². The fourth-order valence-electron chi connectivity index (χ4n) is 1.55. The Morgan fingerprint density at radius 2 is 2.33 bits per heavy atom. The lowest BCUT2D eigenvalue weighted by molar-refractivity contribution is 0.327. The van der Waals surface area contributed by atoms with Crippen molar-refractivity contribution >= 4 is 5.82 Å². The smallest absolute Gasteiger partial charge is 0.215 e. The molecule has 1 N–H and O–H groups in total. The van der Waals surface area contributed by atoms with Gasteiger partial charge in [-0.25, -0.2) is 0 Å². The number of aromatic nitrogens is 4. The Morgan fingerprint density at radius 3 is 3.11 bits per heavy atom. The SMILES string of the molecule is CCOc1cccc(NCCCn2ccnn2)n1. The van der Waals surface area contributed by atoms with Crippen LogP contribution >= 0.6 is 0 Å². The van der Waals surface area contributed by atoms with Crippen LogP contribution in [0.15, 0.2) is 30.6 Å². The van der Waals surface area contributed by atoms with Gasteiger partial charge in [0.05, 0.1) is 12.8 Å². The van der Waals surface area contributed by atoms with Gasteiger partial charge >= 0.3 is 0 Å². The van der Waals surface area contributed by atoms with Crippen molar-refractivity contribution in [2.24, 2.45) is 0 Å².